The van der Waals surface area contributed by atoms with Gasteiger partial charge in [-0.05, 0) is 24.7 Å². The van der Waals surface area contributed by atoms with E-state index in [1.54, 1.807) is 12.1 Å². The predicted molar refractivity (Wildman–Crippen MR) is 59.4 cm³/mol. The van der Waals surface area contributed by atoms with Gasteiger partial charge in [0.15, 0.2) is 0 Å². The molecule has 88 valence electrons. The Bertz CT molecular complexity index is 337. The highest BCUT2D eigenvalue weighted by Gasteiger charge is 2.04. The molecule has 3 nitrogen and oxygen atoms in total. The SMILES string of the molecule is COC(=O)CCN(C)Cc1ccc(F)cc1. The van der Waals surface area contributed by atoms with E-state index in [4.69, 9.17) is 0 Å². The number of methoxy groups -OCH3 is 1. The molecule has 0 N–H and O–H groups in total. The van der Waals surface area contributed by atoms with Gasteiger partial charge in [-0.2, -0.15) is 0 Å². The molecule has 0 amide bonds. The van der Waals surface area contributed by atoms with Crippen LogP contribution < -0.4 is 0 Å². The van der Waals surface area contributed by atoms with Crippen molar-refractivity contribution in [1.29, 1.82) is 0 Å². The largest absolute Gasteiger partial charge is 0.469 e. The van der Waals surface area contributed by atoms with Crippen LogP contribution in [0.4, 0.5) is 4.39 Å². The molecule has 0 atom stereocenters. The lowest BCUT2D eigenvalue weighted by Gasteiger charge is -2.15. The summed E-state index contributed by atoms with van der Waals surface area (Å²) in [5.74, 6) is -0.452. The molecule has 1 aromatic carbocycles. The summed E-state index contributed by atoms with van der Waals surface area (Å²) in [6.45, 7) is 1.32. The molecular formula is C12H16FNO2. The van der Waals surface area contributed by atoms with Gasteiger partial charge in [0, 0.05) is 13.1 Å². The van der Waals surface area contributed by atoms with Crippen LogP contribution in [0.1, 0.15) is 12.0 Å². The van der Waals surface area contributed by atoms with Crippen molar-refractivity contribution in [2.24, 2.45) is 0 Å². The molecule has 0 aliphatic heterocycles. The summed E-state index contributed by atoms with van der Waals surface area (Å²) in [7, 11) is 3.29. The maximum absolute atomic E-state index is 12.6. The van der Waals surface area contributed by atoms with Crippen LogP contribution in [-0.4, -0.2) is 31.6 Å². The summed E-state index contributed by atoms with van der Waals surface area (Å²) in [5.41, 5.74) is 1.02. The van der Waals surface area contributed by atoms with Crippen molar-refractivity contribution in [3.05, 3.63) is 35.6 Å². The third-order valence-electron chi connectivity index (χ3n) is 2.29. The highest BCUT2D eigenvalue weighted by atomic mass is 19.1. The zero-order valence-corrected chi connectivity index (χ0v) is 9.57. The lowest BCUT2D eigenvalue weighted by atomic mass is 10.2. The molecule has 0 heterocycles. The highest BCUT2D eigenvalue weighted by Crippen LogP contribution is 2.05. The fourth-order valence-electron chi connectivity index (χ4n) is 1.36. The molecule has 16 heavy (non-hydrogen) atoms. The minimum Gasteiger partial charge on any atom is -0.469 e. The van der Waals surface area contributed by atoms with Gasteiger partial charge in [0.25, 0.3) is 0 Å². The average Bonchev–Trinajstić information content (AvgIpc) is 2.29. The summed E-state index contributed by atoms with van der Waals surface area (Å²) in [6.07, 6.45) is 0.369. The second-order valence-electron chi connectivity index (χ2n) is 3.69. The van der Waals surface area contributed by atoms with E-state index < -0.39 is 0 Å². The highest BCUT2D eigenvalue weighted by molar-refractivity contribution is 5.69. The van der Waals surface area contributed by atoms with E-state index in [1.165, 1.54) is 19.2 Å². The van der Waals surface area contributed by atoms with Gasteiger partial charge >= 0.3 is 5.97 Å². The van der Waals surface area contributed by atoms with Gasteiger partial charge in [-0.15, -0.1) is 0 Å². The monoisotopic (exact) mass is 225 g/mol. The summed E-state index contributed by atoms with van der Waals surface area (Å²) >= 11 is 0. The second-order valence-corrected chi connectivity index (χ2v) is 3.69. The number of benzene rings is 1. The minimum absolute atomic E-state index is 0.217. The van der Waals surface area contributed by atoms with Gasteiger partial charge in [0.05, 0.1) is 13.5 Å². The van der Waals surface area contributed by atoms with Crippen molar-refractivity contribution in [3.8, 4) is 0 Å². The first-order chi connectivity index (χ1) is 7.61. The second kappa shape index (κ2) is 6.23. The van der Waals surface area contributed by atoms with Crippen LogP contribution in [0, 0.1) is 5.82 Å². The van der Waals surface area contributed by atoms with E-state index in [2.05, 4.69) is 4.74 Å². The molecule has 0 aliphatic rings. The van der Waals surface area contributed by atoms with Crippen molar-refractivity contribution in [3.63, 3.8) is 0 Å². The number of ether oxygens (including phenoxy) is 1. The summed E-state index contributed by atoms with van der Waals surface area (Å²) in [5, 5.41) is 0. The number of carbonyl (C=O) groups excluding carboxylic acids is 1. The van der Waals surface area contributed by atoms with E-state index in [1.807, 2.05) is 11.9 Å². The van der Waals surface area contributed by atoms with Crippen molar-refractivity contribution in [2.75, 3.05) is 20.7 Å². The van der Waals surface area contributed by atoms with Crippen molar-refractivity contribution in [2.45, 2.75) is 13.0 Å². The van der Waals surface area contributed by atoms with Crippen LogP contribution in [0.25, 0.3) is 0 Å². The van der Waals surface area contributed by atoms with E-state index in [9.17, 15) is 9.18 Å². The average molecular weight is 225 g/mol. The van der Waals surface area contributed by atoms with Crippen molar-refractivity contribution < 1.29 is 13.9 Å². The van der Waals surface area contributed by atoms with Gasteiger partial charge in [0.2, 0.25) is 0 Å². The molecule has 0 fully saturated rings. The predicted octanol–water partition coefficient (Wildman–Crippen LogP) is 1.82. The maximum atomic E-state index is 12.6. The molecule has 1 rings (SSSR count). The molecule has 0 bridgehead atoms. The van der Waals surface area contributed by atoms with Crippen molar-refractivity contribution in [1.82, 2.24) is 4.90 Å². The van der Waals surface area contributed by atoms with Gasteiger partial charge in [-0.25, -0.2) is 4.39 Å². The van der Waals surface area contributed by atoms with Crippen LogP contribution in [0.2, 0.25) is 0 Å². The number of nitrogens with zero attached hydrogens (tertiary/aromatic N) is 1. The van der Waals surface area contributed by atoms with E-state index in [0.29, 0.717) is 19.5 Å². The minimum atomic E-state index is -0.235. The van der Waals surface area contributed by atoms with Gasteiger partial charge in [0.1, 0.15) is 5.82 Å². The van der Waals surface area contributed by atoms with E-state index in [-0.39, 0.29) is 11.8 Å². The fourth-order valence-corrected chi connectivity index (χ4v) is 1.36. The molecule has 0 spiro atoms. The third-order valence-corrected chi connectivity index (χ3v) is 2.29. The maximum Gasteiger partial charge on any atom is 0.306 e. The number of hydrogen-bond donors (Lipinski definition) is 0. The first-order valence-corrected chi connectivity index (χ1v) is 5.11. The van der Waals surface area contributed by atoms with E-state index >= 15 is 0 Å². The first-order valence-electron chi connectivity index (χ1n) is 5.11. The Morgan fingerprint density at radius 3 is 2.56 bits per heavy atom. The standard InChI is InChI=1S/C12H16FNO2/c1-14(8-7-12(15)16-2)9-10-3-5-11(13)6-4-10/h3-6H,7-9H2,1-2H3. The zero-order chi connectivity index (χ0) is 12.0. The molecule has 4 heteroatoms. The third kappa shape index (κ3) is 4.40. The molecule has 0 unspecified atom stereocenters. The Hall–Kier alpha value is -1.42. The summed E-state index contributed by atoms with van der Waals surface area (Å²) in [4.78, 5) is 12.9. The summed E-state index contributed by atoms with van der Waals surface area (Å²) in [6, 6.07) is 6.35. The lowest BCUT2D eigenvalue weighted by Crippen LogP contribution is -2.21. The van der Waals surface area contributed by atoms with Gasteiger partial charge in [-0.1, -0.05) is 12.1 Å². The van der Waals surface area contributed by atoms with Crippen molar-refractivity contribution >= 4 is 5.97 Å². The molecule has 0 aromatic heterocycles. The molecule has 0 radical (unpaired) electrons. The number of rotatable bonds is 5. The van der Waals surface area contributed by atoms with Gasteiger partial charge in [-0.3, -0.25) is 4.79 Å². The Morgan fingerprint density at radius 1 is 1.38 bits per heavy atom. The number of hydrogen-bond acceptors (Lipinski definition) is 3. The van der Waals surface area contributed by atoms with Crippen LogP contribution >= 0.6 is 0 Å². The molecular weight excluding hydrogens is 209 g/mol. The Morgan fingerprint density at radius 2 is 2.00 bits per heavy atom. The van der Waals surface area contributed by atoms with Crippen LogP contribution in [0.5, 0.6) is 0 Å². The molecule has 0 saturated carbocycles. The zero-order valence-electron chi connectivity index (χ0n) is 9.57. The normalized spacial score (nSPS) is 10.5. The van der Waals surface area contributed by atoms with Gasteiger partial charge < -0.3 is 9.64 Å². The smallest absolute Gasteiger partial charge is 0.306 e. The number of carbonyl (C=O) groups is 1. The Balaban J connectivity index is 2.36. The molecule has 0 saturated heterocycles. The number of esters is 1. The first kappa shape index (κ1) is 12.6. The van der Waals surface area contributed by atoms with E-state index in [0.717, 1.165) is 5.56 Å². The topological polar surface area (TPSA) is 29.5 Å². The van der Waals surface area contributed by atoms with Crippen LogP contribution in [0.3, 0.4) is 0 Å². The van der Waals surface area contributed by atoms with Crippen LogP contribution in [0.15, 0.2) is 24.3 Å². The van der Waals surface area contributed by atoms with Crippen LogP contribution in [-0.2, 0) is 16.1 Å². The Labute approximate surface area is 94.8 Å². The Kier molecular flexibility index (Phi) is 4.92. The lowest BCUT2D eigenvalue weighted by molar-refractivity contribution is -0.140. The number of halogens is 1. The molecule has 1 aromatic rings. The fraction of sp³-hybridized carbons (Fsp3) is 0.417. The quantitative estimate of drug-likeness (QED) is 0.716. The summed E-state index contributed by atoms with van der Waals surface area (Å²) < 4.78 is 17.2. The molecule has 0 aliphatic carbocycles.